The van der Waals surface area contributed by atoms with Gasteiger partial charge < -0.3 is 5.32 Å². The van der Waals surface area contributed by atoms with Crippen LogP contribution in [0.15, 0.2) is 59.6 Å². The van der Waals surface area contributed by atoms with Crippen LogP contribution in [-0.2, 0) is 5.75 Å². The molecular weight excluding hydrogens is 398 g/mol. The Morgan fingerprint density at radius 3 is 2.45 bits per heavy atom. The number of aryl methyl sites for hydroxylation is 3. The van der Waals surface area contributed by atoms with Crippen molar-refractivity contribution < 1.29 is 4.79 Å². The van der Waals surface area contributed by atoms with Crippen LogP contribution < -0.4 is 5.32 Å². The smallest absolute Gasteiger partial charge is 0.255 e. The Morgan fingerprint density at radius 1 is 1.00 bits per heavy atom. The third kappa shape index (κ3) is 4.33. The molecule has 2 heterocycles. The minimum Gasteiger partial charge on any atom is -0.322 e. The Bertz CT molecular complexity index is 1170. The monoisotopic (exact) mass is 419 g/mol. The van der Waals surface area contributed by atoms with Crippen LogP contribution >= 0.6 is 23.1 Å². The topological polar surface area (TPSA) is 54.9 Å². The van der Waals surface area contributed by atoms with Crippen molar-refractivity contribution in [2.75, 3.05) is 5.32 Å². The molecule has 2 aromatic carbocycles. The van der Waals surface area contributed by atoms with E-state index in [0.29, 0.717) is 5.56 Å². The van der Waals surface area contributed by atoms with Crippen molar-refractivity contribution >= 4 is 44.9 Å². The molecule has 0 spiro atoms. The molecule has 4 nitrogen and oxygen atoms in total. The molecule has 0 radical (unpaired) electrons. The maximum atomic E-state index is 12.4. The minimum absolute atomic E-state index is 0.104. The second kappa shape index (κ2) is 8.35. The predicted molar refractivity (Wildman–Crippen MR) is 122 cm³/mol. The highest BCUT2D eigenvalue weighted by molar-refractivity contribution is 7.98. The van der Waals surface area contributed by atoms with E-state index in [4.69, 9.17) is 0 Å². The number of nitrogens with zero attached hydrogens (tertiary/aromatic N) is 2. The van der Waals surface area contributed by atoms with Crippen molar-refractivity contribution in [2.24, 2.45) is 0 Å². The average Bonchev–Trinajstić information content (AvgIpc) is 3.00. The highest BCUT2D eigenvalue weighted by Gasteiger charge is 2.14. The van der Waals surface area contributed by atoms with E-state index in [2.05, 4.69) is 29.1 Å². The van der Waals surface area contributed by atoms with E-state index in [1.165, 1.54) is 15.8 Å². The summed E-state index contributed by atoms with van der Waals surface area (Å²) in [6, 6.07) is 17.2. The lowest BCUT2D eigenvalue weighted by Crippen LogP contribution is -2.11. The maximum Gasteiger partial charge on any atom is 0.255 e. The largest absolute Gasteiger partial charge is 0.322 e. The van der Waals surface area contributed by atoms with Crippen molar-refractivity contribution in [3.05, 3.63) is 82.0 Å². The van der Waals surface area contributed by atoms with E-state index in [-0.39, 0.29) is 5.91 Å². The van der Waals surface area contributed by atoms with Crippen molar-refractivity contribution in [1.29, 1.82) is 0 Å². The Morgan fingerprint density at radius 2 is 1.72 bits per heavy atom. The molecule has 0 saturated carbocycles. The van der Waals surface area contributed by atoms with Gasteiger partial charge in [0.25, 0.3) is 5.91 Å². The lowest BCUT2D eigenvalue weighted by molar-refractivity contribution is 0.102. The van der Waals surface area contributed by atoms with Crippen molar-refractivity contribution in [2.45, 2.75) is 31.6 Å². The predicted octanol–water partition coefficient (Wildman–Crippen LogP) is 6.16. The molecular formula is C23H21N3OS2. The number of amides is 1. The SMILES string of the molecule is Cc1nc(SCc2ccc(C(=O)Nc3ccccc3)cc2)c2c(C)c(C)sc2n1. The molecule has 2 aromatic heterocycles. The van der Waals surface area contributed by atoms with Gasteiger partial charge in [0, 0.05) is 27.3 Å². The van der Waals surface area contributed by atoms with Gasteiger partial charge >= 0.3 is 0 Å². The number of carbonyl (C=O) groups excluding carboxylic acids is 1. The van der Waals surface area contributed by atoms with Crippen LogP contribution in [0.5, 0.6) is 0 Å². The third-order valence-corrected chi connectivity index (χ3v) is 6.88. The zero-order chi connectivity index (χ0) is 20.4. The Balaban J connectivity index is 1.47. The van der Waals surface area contributed by atoms with Gasteiger partial charge in [-0.25, -0.2) is 9.97 Å². The zero-order valence-electron chi connectivity index (χ0n) is 16.5. The van der Waals surface area contributed by atoms with Gasteiger partial charge in [-0.05, 0) is 56.2 Å². The number of para-hydroxylation sites is 1. The van der Waals surface area contributed by atoms with Gasteiger partial charge in [0.15, 0.2) is 0 Å². The van der Waals surface area contributed by atoms with Gasteiger partial charge in [0.1, 0.15) is 15.7 Å². The van der Waals surface area contributed by atoms with Gasteiger partial charge in [0.05, 0.1) is 0 Å². The zero-order valence-corrected chi connectivity index (χ0v) is 18.2. The first-order valence-electron chi connectivity index (χ1n) is 9.34. The van der Waals surface area contributed by atoms with Gasteiger partial charge in [-0.2, -0.15) is 0 Å². The maximum absolute atomic E-state index is 12.4. The number of benzene rings is 2. The first kappa shape index (κ1) is 19.6. The van der Waals surface area contributed by atoms with E-state index in [1.54, 1.807) is 23.1 Å². The van der Waals surface area contributed by atoms with Crippen molar-refractivity contribution in [3.8, 4) is 0 Å². The Labute approximate surface area is 178 Å². The van der Waals surface area contributed by atoms with Gasteiger partial charge in [-0.3, -0.25) is 4.79 Å². The molecule has 146 valence electrons. The lowest BCUT2D eigenvalue weighted by Gasteiger charge is -2.07. The quantitative estimate of drug-likeness (QED) is 0.311. The number of aromatic nitrogens is 2. The molecule has 6 heteroatoms. The van der Waals surface area contributed by atoms with Crippen LogP contribution in [0.1, 0.15) is 32.2 Å². The highest BCUT2D eigenvalue weighted by Crippen LogP contribution is 2.36. The summed E-state index contributed by atoms with van der Waals surface area (Å²) in [4.78, 5) is 24.0. The first-order valence-corrected chi connectivity index (χ1v) is 11.1. The fourth-order valence-electron chi connectivity index (χ4n) is 3.05. The van der Waals surface area contributed by atoms with E-state index in [0.717, 1.165) is 32.7 Å². The number of hydrogen-bond acceptors (Lipinski definition) is 5. The molecule has 1 amide bonds. The Kier molecular flexibility index (Phi) is 5.65. The number of rotatable bonds is 5. The summed E-state index contributed by atoms with van der Waals surface area (Å²) in [5, 5.41) is 5.11. The van der Waals surface area contributed by atoms with Gasteiger partial charge in [0.2, 0.25) is 0 Å². The van der Waals surface area contributed by atoms with Gasteiger partial charge in [-0.15, -0.1) is 23.1 Å². The molecule has 0 aliphatic heterocycles. The van der Waals surface area contributed by atoms with E-state index < -0.39 is 0 Å². The van der Waals surface area contributed by atoms with E-state index in [1.807, 2.05) is 61.5 Å². The van der Waals surface area contributed by atoms with E-state index >= 15 is 0 Å². The summed E-state index contributed by atoms with van der Waals surface area (Å²) in [5.41, 5.74) is 3.86. The minimum atomic E-state index is -0.104. The van der Waals surface area contributed by atoms with Crippen LogP contribution in [0.4, 0.5) is 5.69 Å². The highest BCUT2D eigenvalue weighted by atomic mass is 32.2. The fraction of sp³-hybridized carbons (Fsp3) is 0.174. The van der Waals surface area contributed by atoms with Crippen LogP contribution in [0.3, 0.4) is 0 Å². The standard InChI is InChI=1S/C23H21N3OS2/c1-14-15(2)29-23-20(14)22(24-16(3)25-23)28-13-17-9-11-18(12-10-17)21(27)26-19-7-5-4-6-8-19/h4-12H,13H2,1-3H3,(H,26,27). The van der Waals surface area contributed by atoms with Crippen LogP contribution in [0.25, 0.3) is 10.2 Å². The molecule has 4 aromatic rings. The second-order valence-corrected chi connectivity index (χ2v) is 9.01. The second-order valence-electron chi connectivity index (χ2n) is 6.85. The summed E-state index contributed by atoms with van der Waals surface area (Å²) in [6.07, 6.45) is 0. The van der Waals surface area contributed by atoms with Crippen molar-refractivity contribution in [3.63, 3.8) is 0 Å². The lowest BCUT2D eigenvalue weighted by atomic mass is 10.1. The number of thioether (sulfide) groups is 1. The number of carbonyl (C=O) groups is 1. The van der Waals surface area contributed by atoms with Crippen LogP contribution in [0, 0.1) is 20.8 Å². The molecule has 0 unspecified atom stereocenters. The first-order chi connectivity index (χ1) is 14.0. The molecule has 0 fully saturated rings. The summed E-state index contributed by atoms with van der Waals surface area (Å²) >= 11 is 3.44. The number of hydrogen-bond donors (Lipinski definition) is 1. The number of thiophene rings is 1. The molecule has 0 aliphatic carbocycles. The average molecular weight is 420 g/mol. The number of nitrogens with one attached hydrogen (secondary N) is 1. The summed E-state index contributed by atoms with van der Waals surface area (Å²) in [7, 11) is 0. The number of anilines is 1. The van der Waals surface area contributed by atoms with Crippen molar-refractivity contribution in [1.82, 2.24) is 9.97 Å². The normalized spacial score (nSPS) is 11.0. The van der Waals surface area contributed by atoms with Gasteiger partial charge in [-0.1, -0.05) is 30.3 Å². The summed E-state index contributed by atoms with van der Waals surface area (Å²) in [6.45, 7) is 6.20. The molecule has 29 heavy (non-hydrogen) atoms. The molecule has 0 saturated heterocycles. The summed E-state index contributed by atoms with van der Waals surface area (Å²) in [5.74, 6) is 1.49. The molecule has 0 aliphatic rings. The molecule has 4 rings (SSSR count). The number of fused-ring (bicyclic) bond motifs is 1. The molecule has 0 atom stereocenters. The third-order valence-electron chi connectivity index (χ3n) is 4.73. The van der Waals surface area contributed by atoms with Crippen LogP contribution in [0.2, 0.25) is 0 Å². The van der Waals surface area contributed by atoms with Crippen LogP contribution in [-0.4, -0.2) is 15.9 Å². The molecule has 1 N–H and O–H groups in total. The molecule has 0 bridgehead atoms. The Hall–Kier alpha value is -2.70. The fourth-order valence-corrected chi connectivity index (χ4v) is 5.27. The van der Waals surface area contributed by atoms with E-state index in [9.17, 15) is 4.79 Å². The summed E-state index contributed by atoms with van der Waals surface area (Å²) < 4.78 is 0.